The van der Waals surface area contributed by atoms with E-state index in [2.05, 4.69) is 28.1 Å². The maximum atomic E-state index is 7.17. The van der Waals surface area contributed by atoms with Crippen LogP contribution in [0.25, 0.3) is 0 Å². The van der Waals surface area contributed by atoms with Gasteiger partial charge in [0, 0.05) is 30.5 Å². The van der Waals surface area contributed by atoms with Crippen molar-refractivity contribution in [2.75, 3.05) is 11.4 Å². The highest BCUT2D eigenvalue weighted by atomic mass is 32.1. The molecule has 0 bridgehead atoms. The van der Waals surface area contributed by atoms with E-state index >= 15 is 0 Å². The average Bonchev–Trinajstić information content (AvgIpc) is 2.56. The van der Waals surface area contributed by atoms with Gasteiger partial charge in [-0.1, -0.05) is 0 Å². The number of nitrogens with two attached hydrogens (primary N) is 1. The van der Waals surface area contributed by atoms with Gasteiger partial charge in [-0.25, -0.2) is 4.98 Å². The molecule has 0 atom stereocenters. The molecular formula is C8H15N5S. The highest BCUT2D eigenvalue weighted by Crippen LogP contribution is 2.17. The molecule has 6 heteroatoms. The van der Waals surface area contributed by atoms with Gasteiger partial charge in [-0.2, -0.15) is 4.37 Å². The number of rotatable bonds is 5. The van der Waals surface area contributed by atoms with Crippen molar-refractivity contribution in [2.24, 2.45) is 5.73 Å². The Morgan fingerprint density at radius 1 is 1.71 bits per heavy atom. The summed E-state index contributed by atoms with van der Waals surface area (Å²) in [7, 11) is 0. The van der Waals surface area contributed by atoms with Crippen LogP contribution in [0.2, 0.25) is 0 Å². The molecule has 0 saturated heterocycles. The van der Waals surface area contributed by atoms with Crippen LogP contribution in [0.5, 0.6) is 0 Å². The Bertz CT molecular complexity index is 282. The summed E-state index contributed by atoms with van der Waals surface area (Å²) < 4.78 is 3.96. The number of anilines is 1. The van der Waals surface area contributed by atoms with Crippen molar-refractivity contribution in [1.29, 1.82) is 5.41 Å². The van der Waals surface area contributed by atoms with Gasteiger partial charge in [0.05, 0.1) is 5.84 Å². The fourth-order valence-corrected chi connectivity index (χ4v) is 1.80. The van der Waals surface area contributed by atoms with Gasteiger partial charge in [0.25, 0.3) is 0 Å². The minimum absolute atomic E-state index is 0.208. The van der Waals surface area contributed by atoms with Crippen molar-refractivity contribution in [3.63, 3.8) is 0 Å². The lowest BCUT2D eigenvalue weighted by Crippen LogP contribution is -2.33. The predicted molar refractivity (Wildman–Crippen MR) is 58.9 cm³/mol. The summed E-state index contributed by atoms with van der Waals surface area (Å²) in [6.07, 6.45) is 2.11. The Balaban J connectivity index is 2.61. The molecule has 0 saturated carbocycles. The number of aromatic nitrogens is 2. The summed E-state index contributed by atoms with van der Waals surface area (Å²) in [4.78, 5) is 6.23. The third kappa shape index (κ3) is 2.95. The largest absolute Gasteiger partial charge is 0.388 e. The summed E-state index contributed by atoms with van der Waals surface area (Å²) in [6.45, 7) is 4.89. The third-order valence-electron chi connectivity index (χ3n) is 1.84. The molecule has 1 heterocycles. The second kappa shape index (κ2) is 4.90. The van der Waals surface area contributed by atoms with Gasteiger partial charge in [-0.05, 0) is 13.8 Å². The zero-order chi connectivity index (χ0) is 10.6. The van der Waals surface area contributed by atoms with Gasteiger partial charge >= 0.3 is 0 Å². The Kier molecular flexibility index (Phi) is 3.82. The van der Waals surface area contributed by atoms with Crippen molar-refractivity contribution in [3.05, 3.63) is 6.33 Å². The van der Waals surface area contributed by atoms with Crippen LogP contribution >= 0.6 is 11.5 Å². The first kappa shape index (κ1) is 10.9. The Morgan fingerprint density at radius 2 is 2.43 bits per heavy atom. The zero-order valence-corrected chi connectivity index (χ0v) is 9.21. The van der Waals surface area contributed by atoms with Gasteiger partial charge in [-0.3, -0.25) is 5.41 Å². The lowest BCUT2D eigenvalue weighted by Gasteiger charge is -2.25. The Morgan fingerprint density at radius 3 is 2.86 bits per heavy atom. The van der Waals surface area contributed by atoms with Gasteiger partial charge in [0.15, 0.2) is 0 Å². The lowest BCUT2D eigenvalue weighted by atomic mass is 10.3. The molecule has 0 amide bonds. The Labute approximate surface area is 87.6 Å². The molecule has 0 aromatic carbocycles. The van der Waals surface area contributed by atoms with Crippen molar-refractivity contribution in [3.8, 4) is 0 Å². The molecule has 3 N–H and O–H groups in total. The number of nitrogens with one attached hydrogen (secondary N) is 1. The fourth-order valence-electron chi connectivity index (χ4n) is 1.11. The quantitative estimate of drug-likeness (QED) is 0.566. The summed E-state index contributed by atoms with van der Waals surface area (Å²) in [5.74, 6) is 0.208. The maximum Gasteiger partial charge on any atom is 0.205 e. The number of hydrogen-bond donors (Lipinski definition) is 2. The molecule has 0 spiro atoms. The molecule has 0 aliphatic carbocycles. The fraction of sp³-hybridized carbons (Fsp3) is 0.625. The summed E-state index contributed by atoms with van der Waals surface area (Å²) in [5.41, 5.74) is 5.32. The van der Waals surface area contributed by atoms with Crippen LogP contribution in [0.3, 0.4) is 0 Å². The number of hydrogen-bond acceptors (Lipinski definition) is 5. The van der Waals surface area contributed by atoms with Crippen LogP contribution in [-0.4, -0.2) is 27.8 Å². The molecular weight excluding hydrogens is 198 g/mol. The predicted octanol–water partition coefficient (Wildman–Crippen LogP) is 1.08. The molecule has 0 aliphatic rings. The highest BCUT2D eigenvalue weighted by Gasteiger charge is 2.13. The minimum atomic E-state index is 0.208. The van der Waals surface area contributed by atoms with E-state index in [0.29, 0.717) is 12.5 Å². The summed E-state index contributed by atoms with van der Waals surface area (Å²) in [5, 5.41) is 8.06. The molecule has 0 radical (unpaired) electrons. The van der Waals surface area contributed by atoms with Crippen LogP contribution in [0.1, 0.15) is 20.3 Å². The minimum Gasteiger partial charge on any atom is -0.388 e. The van der Waals surface area contributed by atoms with Crippen molar-refractivity contribution >= 4 is 22.5 Å². The van der Waals surface area contributed by atoms with E-state index in [1.54, 1.807) is 6.33 Å². The first-order valence-corrected chi connectivity index (χ1v) is 5.25. The highest BCUT2D eigenvalue weighted by molar-refractivity contribution is 7.09. The lowest BCUT2D eigenvalue weighted by molar-refractivity contribution is 0.686. The van der Waals surface area contributed by atoms with Gasteiger partial charge in [0.2, 0.25) is 5.13 Å². The molecule has 0 unspecified atom stereocenters. The number of nitrogens with zero attached hydrogens (tertiary/aromatic N) is 3. The summed E-state index contributed by atoms with van der Waals surface area (Å²) in [6, 6.07) is 0.349. The smallest absolute Gasteiger partial charge is 0.205 e. The molecule has 1 aromatic heterocycles. The van der Waals surface area contributed by atoms with Crippen LogP contribution in [0, 0.1) is 5.41 Å². The summed E-state index contributed by atoms with van der Waals surface area (Å²) >= 11 is 1.36. The topological polar surface area (TPSA) is 78.9 Å². The average molecular weight is 213 g/mol. The van der Waals surface area contributed by atoms with Crippen LogP contribution in [0.15, 0.2) is 6.33 Å². The van der Waals surface area contributed by atoms with E-state index in [1.807, 2.05) is 0 Å². The molecule has 0 aliphatic heterocycles. The van der Waals surface area contributed by atoms with E-state index in [0.717, 1.165) is 11.7 Å². The molecule has 0 fully saturated rings. The van der Waals surface area contributed by atoms with Crippen LogP contribution < -0.4 is 10.6 Å². The monoisotopic (exact) mass is 213 g/mol. The number of amidine groups is 1. The van der Waals surface area contributed by atoms with E-state index in [4.69, 9.17) is 11.1 Å². The second-order valence-electron chi connectivity index (χ2n) is 3.29. The standard InChI is InChI=1S/C8H15N5S/c1-6(2)13(4-3-7(9)10)8-11-5-12-14-8/h5-6H,3-4H2,1-2H3,(H3,9,10). The first-order valence-electron chi connectivity index (χ1n) is 4.47. The van der Waals surface area contributed by atoms with E-state index < -0.39 is 0 Å². The van der Waals surface area contributed by atoms with E-state index in [-0.39, 0.29) is 5.84 Å². The van der Waals surface area contributed by atoms with Gasteiger partial charge < -0.3 is 10.6 Å². The molecule has 1 rings (SSSR count). The maximum absolute atomic E-state index is 7.17. The van der Waals surface area contributed by atoms with Crippen molar-refractivity contribution in [1.82, 2.24) is 9.36 Å². The van der Waals surface area contributed by atoms with Gasteiger partial charge in [0.1, 0.15) is 6.33 Å². The molecule has 5 nitrogen and oxygen atoms in total. The molecule has 1 aromatic rings. The van der Waals surface area contributed by atoms with Gasteiger partial charge in [-0.15, -0.1) is 0 Å². The molecule has 14 heavy (non-hydrogen) atoms. The van der Waals surface area contributed by atoms with E-state index in [9.17, 15) is 0 Å². The van der Waals surface area contributed by atoms with Crippen molar-refractivity contribution in [2.45, 2.75) is 26.3 Å². The SMILES string of the molecule is CC(C)N(CCC(=N)N)c1ncns1. The third-order valence-corrected chi connectivity index (χ3v) is 2.54. The Hall–Kier alpha value is -1.17. The first-order chi connectivity index (χ1) is 6.61. The molecule has 78 valence electrons. The normalized spacial score (nSPS) is 10.5. The zero-order valence-electron chi connectivity index (χ0n) is 8.40. The van der Waals surface area contributed by atoms with E-state index in [1.165, 1.54) is 11.5 Å². The van der Waals surface area contributed by atoms with Crippen LogP contribution in [-0.2, 0) is 0 Å². The van der Waals surface area contributed by atoms with Crippen LogP contribution in [0.4, 0.5) is 5.13 Å². The van der Waals surface area contributed by atoms with Crippen molar-refractivity contribution < 1.29 is 0 Å². The second-order valence-corrected chi connectivity index (χ2v) is 4.04.